The third-order valence-corrected chi connectivity index (χ3v) is 4.44. The summed E-state index contributed by atoms with van der Waals surface area (Å²) in [6, 6.07) is 5.16. The van der Waals surface area contributed by atoms with Crippen molar-refractivity contribution in [1.82, 2.24) is 10.6 Å². The molecule has 0 spiro atoms. The molecule has 5 nitrogen and oxygen atoms in total. The minimum absolute atomic E-state index is 0.118. The van der Waals surface area contributed by atoms with Crippen molar-refractivity contribution in [2.75, 3.05) is 11.9 Å². The summed E-state index contributed by atoms with van der Waals surface area (Å²) in [5, 5.41) is 8.57. The van der Waals surface area contributed by atoms with E-state index in [4.69, 9.17) is 0 Å². The molecule has 0 bridgehead atoms. The van der Waals surface area contributed by atoms with Gasteiger partial charge in [0.05, 0.1) is 0 Å². The van der Waals surface area contributed by atoms with Crippen molar-refractivity contribution in [2.45, 2.75) is 45.6 Å². The van der Waals surface area contributed by atoms with E-state index in [1.807, 2.05) is 31.2 Å². The van der Waals surface area contributed by atoms with Gasteiger partial charge >= 0.3 is 6.03 Å². The topological polar surface area (TPSA) is 70.2 Å². The summed E-state index contributed by atoms with van der Waals surface area (Å²) in [5.41, 5.74) is 2.91. The minimum Gasteiger partial charge on any atom is -0.354 e. The van der Waals surface area contributed by atoms with Gasteiger partial charge in [0.1, 0.15) is 6.04 Å². The Bertz CT molecular complexity index is 625. The van der Waals surface area contributed by atoms with Crippen molar-refractivity contribution in [1.29, 1.82) is 0 Å². The quantitative estimate of drug-likeness (QED) is 0.726. The van der Waals surface area contributed by atoms with Gasteiger partial charge in [0.2, 0.25) is 5.91 Å². The molecule has 0 radical (unpaired) electrons. The normalized spacial score (nSPS) is 20.4. The summed E-state index contributed by atoms with van der Waals surface area (Å²) in [7, 11) is 0. The van der Waals surface area contributed by atoms with E-state index in [1.54, 1.807) is 0 Å². The van der Waals surface area contributed by atoms with Gasteiger partial charge < -0.3 is 16.0 Å². The highest BCUT2D eigenvalue weighted by Crippen LogP contribution is 2.28. The second-order valence-corrected chi connectivity index (χ2v) is 6.66. The lowest BCUT2D eigenvalue weighted by molar-refractivity contribution is -0.125. The number of urea groups is 1. The average Bonchev–Trinajstić information content (AvgIpc) is 2.52. The molecule has 24 heavy (non-hydrogen) atoms. The van der Waals surface area contributed by atoms with Crippen molar-refractivity contribution < 1.29 is 9.59 Å². The summed E-state index contributed by atoms with van der Waals surface area (Å²) in [6.45, 7) is 10.6. The van der Waals surface area contributed by atoms with E-state index in [2.05, 4.69) is 36.4 Å². The summed E-state index contributed by atoms with van der Waals surface area (Å²) in [5.74, 6) is 0.284. The van der Waals surface area contributed by atoms with Crippen LogP contribution in [0.2, 0.25) is 0 Å². The minimum atomic E-state index is -0.493. The van der Waals surface area contributed by atoms with E-state index >= 15 is 0 Å². The number of hydrogen-bond acceptors (Lipinski definition) is 2. The number of hydrogen-bond donors (Lipinski definition) is 3. The highest BCUT2D eigenvalue weighted by atomic mass is 16.2. The van der Waals surface area contributed by atoms with Crippen molar-refractivity contribution in [3.63, 3.8) is 0 Å². The van der Waals surface area contributed by atoms with Crippen molar-refractivity contribution in [3.8, 4) is 0 Å². The van der Waals surface area contributed by atoms with Gasteiger partial charge in [-0.3, -0.25) is 4.79 Å². The number of carbonyl (C=O) groups is 2. The van der Waals surface area contributed by atoms with Crippen LogP contribution in [-0.2, 0) is 11.2 Å². The Hall–Kier alpha value is -2.30. The number of benzene rings is 1. The van der Waals surface area contributed by atoms with E-state index < -0.39 is 6.04 Å². The molecule has 5 heteroatoms. The van der Waals surface area contributed by atoms with Gasteiger partial charge in [-0.15, -0.1) is 6.58 Å². The molecule has 0 saturated carbocycles. The molecule has 3 amide bonds. The van der Waals surface area contributed by atoms with E-state index in [1.165, 1.54) is 0 Å². The fourth-order valence-electron chi connectivity index (χ4n) is 3.04. The summed E-state index contributed by atoms with van der Waals surface area (Å²) in [4.78, 5) is 24.4. The van der Waals surface area contributed by atoms with Crippen LogP contribution >= 0.6 is 0 Å². The maximum absolute atomic E-state index is 12.5. The first-order valence-electron chi connectivity index (χ1n) is 8.52. The standard InChI is InChI=1S/C19H27N3O2/c1-5-7-14-8-6-9-15(12(2)3)17(14)22-19(24)21-16-13(4)10-11-20-18(16)23/h5-6,8-9,12-13,16H,1,7,10-11H2,2-4H3,(H,20,23)(H2,21,22,24)/t13-,16+/m1/s1. The Kier molecular flexibility index (Phi) is 6.01. The van der Waals surface area contributed by atoms with E-state index in [-0.39, 0.29) is 23.8 Å². The van der Waals surface area contributed by atoms with Crippen LogP contribution in [0.15, 0.2) is 30.9 Å². The van der Waals surface area contributed by atoms with Gasteiger partial charge in [-0.05, 0) is 35.8 Å². The number of carbonyl (C=O) groups excluding carboxylic acids is 2. The molecule has 2 atom stereocenters. The number of rotatable bonds is 5. The van der Waals surface area contributed by atoms with Crippen LogP contribution in [0.3, 0.4) is 0 Å². The predicted molar refractivity (Wildman–Crippen MR) is 97.2 cm³/mol. The van der Waals surface area contributed by atoms with Crippen LogP contribution < -0.4 is 16.0 Å². The first kappa shape index (κ1) is 18.0. The number of amides is 3. The zero-order chi connectivity index (χ0) is 17.7. The van der Waals surface area contributed by atoms with Gasteiger partial charge in [-0.1, -0.05) is 45.0 Å². The zero-order valence-corrected chi connectivity index (χ0v) is 14.7. The van der Waals surface area contributed by atoms with Crippen LogP contribution in [-0.4, -0.2) is 24.5 Å². The van der Waals surface area contributed by atoms with Gasteiger partial charge in [-0.2, -0.15) is 0 Å². The van der Waals surface area contributed by atoms with E-state index in [0.717, 1.165) is 23.2 Å². The van der Waals surface area contributed by atoms with Gasteiger partial charge in [0, 0.05) is 12.2 Å². The number of anilines is 1. The molecule has 130 valence electrons. The third kappa shape index (κ3) is 4.16. The monoisotopic (exact) mass is 329 g/mol. The van der Waals surface area contributed by atoms with Crippen LogP contribution in [0.1, 0.15) is 44.2 Å². The smallest absolute Gasteiger partial charge is 0.319 e. The van der Waals surface area contributed by atoms with Crippen LogP contribution in [0.4, 0.5) is 10.5 Å². The third-order valence-electron chi connectivity index (χ3n) is 4.44. The van der Waals surface area contributed by atoms with Gasteiger partial charge in [0.25, 0.3) is 0 Å². The molecular formula is C19H27N3O2. The Morgan fingerprint density at radius 3 is 2.83 bits per heavy atom. The molecule has 2 rings (SSSR count). The maximum atomic E-state index is 12.5. The van der Waals surface area contributed by atoms with Crippen LogP contribution in [0.25, 0.3) is 0 Å². The molecule has 1 heterocycles. The Balaban J connectivity index is 2.18. The summed E-state index contributed by atoms with van der Waals surface area (Å²) in [6.07, 6.45) is 3.36. The molecule has 1 aromatic rings. The highest BCUT2D eigenvalue weighted by molar-refractivity contribution is 5.95. The first-order chi connectivity index (χ1) is 11.4. The van der Waals surface area contributed by atoms with Crippen LogP contribution in [0.5, 0.6) is 0 Å². The Morgan fingerprint density at radius 1 is 1.46 bits per heavy atom. The van der Waals surface area contributed by atoms with E-state index in [9.17, 15) is 9.59 Å². The molecule has 0 aliphatic carbocycles. The second-order valence-electron chi connectivity index (χ2n) is 6.66. The second kappa shape index (κ2) is 7.99. The molecular weight excluding hydrogens is 302 g/mol. The summed E-state index contributed by atoms with van der Waals surface area (Å²) >= 11 is 0. The molecule has 1 saturated heterocycles. The SMILES string of the molecule is C=CCc1cccc(C(C)C)c1NC(=O)N[C@@H]1C(=O)NCC[C@H]1C. The Morgan fingerprint density at radius 2 is 2.21 bits per heavy atom. The lowest BCUT2D eigenvalue weighted by atomic mass is 9.94. The zero-order valence-electron chi connectivity index (χ0n) is 14.7. The molecule has 1 aliphatic heterocycles. The lowest BCUT2D eigenvalue weighted by Crippen LogP contribution is -2.55. The first-order valence-corrected chi connectivity index (χ1v) is 8.52. The molecule has 3 N–H and O–H groups in total. The molecule has 1 aliphatic rings. The average molecular weight is 329 g/mol. The van der Waals surface area contributed by atoms with Gasteiger partial charge in [0.15, 0.2) is 0 Å². The molecule has 1 aromatic carbocycles. The number of piperidine rings is 1. The van der Waals surface area contributed by atoms with Crippen molar-refractivity contribution in [2.24, 2.45) is 5.92 Å². The van der Waals surface area contributed by atoms with E-state index in [0.29, 0.717) is 13.0 Å². The fourth-order valence-corrected chi connectivity index (χ4v) is 3.04. The number of para-hydroxylation sites is 1. The predicted octanol–water partition coefficient (Wildman–Crippen LogP) is 3.18. The lowest BCUT2D eigenvalue weighted by Gasteiger charge is -2.29. The maximum Gasteiger partial charge on any atom is 0.319 e. The summed E-state index contributed by atoms with van der Waals surface area (Å²) < 4.78 is 0. The molecule has 0 aromatic heterocycles. The highest BCUT2D eigenvalue weighted by Gasteiger charge is 2.30. The Labute approximate surface area is 143 Å². The van der Waals surface area contributed by atoms with Crippen molar-refractivity contribution >= 4 is 17.6 Å². The molecule has 1 fully saturated rings. The molecule has 0 unspecified atom stereocenters. The fraction of sp³-hybridized carbons (Fsp3) is 0.474. The van der Waals surface area contributed by atoms with Crippen LogP contribution in [0, 0.1) is 5.92 Å². The number of nitrogens with one attached hydrogen (secondary N) is 3. The largest absolute Gasteiger partial charge is 0.354 e. The van der Waals surface area contributed by atoms with Crippen molar-refractivity contribution in [3.05, 3.63) is 42.0 Å². The number of allylic oxidation sites excluding steroid dienone is 1. The van der Waals surface area contributed by atoms with Gasteiger partial charge in [-0.25, -0.2) is 4.79 Å².